The average Bonchev–Trinajstić information content (AvgIpc) is 3.22. The Hall–Kier alpha value is -1.49. The SMILES string of the molecule is Cc1ccc(N2C(=O)CCS2(=O)=O)cc1S(=O)(=O)NCC(C)N1CCCC1. The number of aryl methyl sites for hydroxylation is 1. The molecule has 0 bridgehead atoms. The smallest absolute Gasteiger partial charge is 0.242 e. The molecule has 27 heavy (non-hydrogen) atoms. The summed E-state index contributed by atoms with van der Waals surface area (Å²) in [5.41, 5.74) is 0.556. The van der Waals surface area contributed by atoms with Gasteiger partial charge in [-0.2, -0.15) is 0 Å². The Labute approximate surface area is 160 Å². The van der Waals surface area contributed by atoms with Gasteiger partial charge in [-0.05, 0) is 57.5 Å². The quantitative estimate of drug-likeness (QED) is 0.738. The van der Waals surface area contributed by atoms with Crippen molar-refractivity contribution >= 4 is 31.6 Å². The molecule has 1 unspecified atom stereocenters. The first-order valence-electron chi connectivity index (χ1n) is 9.02. The van der Waals surface area contributed by atoms with Crippen LogP contribution in [0, 0.1) is 6.92 Å². The van der Waals surface area contributed by atoms with Gasteiger partial charge in [0.1, 0.15) is 0 Å². The highest BCUT2D eigenvalue weighted by Crippen LogP contribution is 2.29. The Balaban J connectivity index is 1.83. The Kier molecular flexibility index (Phi) is 5.62. The van der Waals surface area contributed by atoms with Crippen LogP contribution in [0.25, 0.3) is 0 Å². The van der Waals surface area contributed by atoms with E-state index in [1.807, 2.05) is 6.92 Å². The van der Waals surface area contributed by atoms with Crippen LogP contribution in [-0.2, 0) is 24.8 Å². The molecule has 0 radical (unpaired) electrons. The molecular formula is C17H25N3O5S2. The van der Waals surface area contributed by atoms with Crippen molar-refractivity contribution in [3.05, 3.63) is 23.8 Å². The fraction of sp³-hybridized carbons (Fsp3) is 0.588. The van der Waals surface area contributed by atoms with Gasteiger partial charge < -0.3 is 0 Å². The van der Waals surface area contributed by atoms with Gasteiger partial charge in [-0.15, -0.1) is 0 Å². The Morgan fingerprint density at radius 1 is 1.22 bits per heavy atom. The van der Waals surface area contributed by atoms with Gasteiger partial charge >= 0.3 is 0 Å². The lowest BCUT2D eigenvalue weighted by Gasteiger charge is -2.24. The van der Waals surface area contributed by atoms with Gasteiger partial charge in [0.2, 0.25) is 26.0 Å². The summed E-state index contributed by atoms with van der Waals surface area (Å²) in [6, 6.07) is 4.32. The van der Waals surface area contributed by atoms with E-state index in [0.717, 1.165) is 25.9 Å². The van der Waals surface area contributed by atoms with Crippen molar-refractivity contribution in [3.8, 4) is 0 Å². The third-order valence-corrected chi connectivity index (χ3v) is 8.36. The van der Waals surface area contributed by atoms with Gasteiger partial charge in [0.05, 0.1) is 16.3 Å². The lowest BCUT2D eigenvalue weighted by molar-refractivity contribution is -0.116. The van der Waals surface area contributed by atoms with Crippen molar-refractivity contribution in [2.24, 2.45) is 0 Å². The number of amides is 1. The second-order valence-electron chi connectivity index (χ2n) is 7.12. The fourth-order valence-electron chi connectivity index (χ4n) is 3.49. The summed E-state index contributed by atoms with van der Waals surface area (Å²) in [5, 5.41) is 0. The van der Waals surface area contributed by atoms with Gasteiger partial charge in [0, 0.05) is 19.0 Å². The van der Waals surface area contributed by atoms with Crippen LogP contribution in [0.3, 0.4) is 0 Å². The Bertz CT molecular complexity index is 937. The molecular weight excluding hydrogens is 390 g/mol. The zero-order chi connectivity index (χ0) is 19.8. The Morgan fingerprint density at radius 3 is 2.48 bits per heavy atom. The molecule has 1 aromatic rings. The van der Waals surface area contributed by atoms with Gasteiger partial charge in [0.15, 0.2) is 0 Å². The molecule has 1 aromatic carbocycles. The Morgan fingerprint density at radius 2 is 1.89 bits per heavy atom. The maximum absolute atomic E-state index is 12.8. The summed E-state index contributed by atoms with van der Waals surface area (Å²) in [7, 11) is -7.57. The van der Waals surface area contributed by atoms with Crippen LogP contribution in [-0.4, -0.2) is 59.1 Å². The van der Waals surface area contributed by atoms with Crippen molar-refractivity contribution in [3.63, 3.8) is 0 Å². The van der Waals surface area contributed by atoms with E-state index in [1.54, 1.807) is 6.92 Å². The van der Waals surface area contributed by atoms with Gasteiger partial charge in [-0.25, -0.2) is 25.9 Å². The highest BCUT2D eigenvalue weighted by Gasteiger charge is 2.37. The summed E-state index contributed by atoms with van der Waals surface area (Å²) < 4.78 is 53.2. The lowest BCUT2D eigenvalue weighted by atomic mass is 10.2. The summed E-state index contributed by atoms with van der Waals surface area (Å²) in [4.78, 5) is 14.2. The molecule has 1 N–H and O–H groups in total. The number of carbonyl (C=O) groups excluding carboxylic acids is 1. The van der Waals surface area contributed by atoms with Crippen molar-refractivity contribution in [1.82, 2.24) is 9.62 Å². The first kappa shape index (κ1) is 20.2. The van der Waals surface area contributed by atoms with Crippen LogP contribution < -0.4 is 9.03 Å². The van der Waals surface area contributed by atoms with Crippen LogP contribution in [0.4, 0.5) is 5.69 Å². The van der Waals surface area contributed by atoms with E-state index in [-0.39, 0.29) is 35.3 Å². The molecule has 0 aromatic heterocycles. The molecule has 8 nitrogen and oxygen atoms in total. The molecule has 2 heterocycles. The molecule has 3 rings (SSSR count). The molecule has 0 saturated carbocycles. The number of nitrogens with zero attached hydrogens (tertiary/aromatic N) is 2. The van der Waals surface area contributed by atoms with E-state index in [9.17, 15) is 21.6 Å². The highest BCUT2D eigenvalue weighted by atomic mass is 32.2. The van der Waals surface area contributed by atoms with E-state index >= 15 is 0 Å². The lowest BCUT2D eigenvalue weighted by Crippen LogP contribution is -2.40. The third-order valence-electron chi connectivity index (χ3n) is 5.11. The number of hydrogen-bond donors (Lipinski definition) is 1. The number of sulfonamides is 2. The van der Waals surface area contributed by atoms with Crippen molar-refractivity contribution in [2.45, 2.75) is 44.0 Å². The van der Waals surface area contributed by atoms with Crippen LogP contribution in [0.2, 0.25) is 0 Å². The molecule has 2 fully saturated rings. The van der Waals surface area contributed by atoms with Gasteiger partial charge in [0.25, 0.3) is 0 Å². The number of anilines is 1. The topological polar surface area (TPSA) is 104 Å². The monoisotopic (exact) mass is 415 g/mol. The van der Waals surface area contributed by atoms with Gasteiger partial charge in [-0.3, -0.25) is 9.69 Å². The predicted octanol–water partition coefficient (Wildman–Crippen LogP) is 0.824. The first-order chi connectivity index (χ1) is 12.6. The van der Waals surface area contributed by atoms with Crippen molar-refractivity contribution in [2.75, 3.05) is 29.7 Å². The number of benzene rings is 1. The van der Waals surface area contributed by atoms with Gasteiger partial charge in [-0.1, -0.05) is 6.07 Å². The largest absolute Gasteiger partial charge is 0.299 e. The maximum atomic E-state index is 12.8. The van der Waals surface area contributed by atoms with E-state index in [1.165, 1.54) is 18.2 Å². The summed E-state index contributed by atoms with van der Waals surface area (Å²) in [6.45, 7) is 5.82. The van der Waals surface area contributed by atoms with Crippen LogP contribution in [0.5, 0.6) is 0 Å². The number of likely N-dealkylation sites (tertiary alicyclic amines) is 1. The molecule has 150 valence electrons. The standard InChI is InChI=1S/C17H25N3O5S2/c1-13-5-6-15(20-17(21)7-10-26(20,22)23)11-16(13)27(24,25)18-12-14(2)19-8-3-4-9-19/h5-6,11,14,18H,3-4,7-10,12H2,1-2H3. The van der Waals surface area contributed by atoms with Crippen molar-refractivity contribution < 1.29 is 21.6 Å². The summed E-state index contributed by atoms with van der Waals surface area (Å²) in [5.74, 6) is -0.800. The maximum Gasteiger partial charge on any atom is 0.242 e. The molecule has 0 aliphatic carbocycles. The zero-order valence-electron chi connectivity index (χ0n) is 15.5. The van der Waals surface area contributed by atoms with Crippen LogP contribution >= 0.6 is 0 Å². The molecule has 2 saturated heterocycles. The van der Waals surface area contributed by atoms with Crippen LogP contribution in [0.1, 0.15) is 31.7 Å². The molecule has 0 spiro atoms. The van der Waals surface area contributed by atoms with E-state index < -0.39 is 26.0 Å². The van der Waals surface area contributed by atoms with E-state index in [4.69, 9.17) is 0 Å². The second kappa shape index (κ2) is 7.50. The van der Waals surface area contributed by atoms with E-state index in [0.29, 0.717) is 9.87 Å². The molecule has 2 aliphatic rings. The number of carbonyl (C=O) groups is 1. The minimum absolute atomic E-state index is 0.0106. The molecule has 1 amide bonds. The minimum atomic E-state index is -3.83. The summed E-state index contributed by atoms with van der Waals surface area (Å²) in [6.07, 6.45) is 2.15. The van der Waals surface area contributed by atoms with E-state index in [2.05, 4.69) is 9.62 Å². The number of nitrogens with one attached hydrogen (secondary N) is 1. The highest BCUT2D eigenvalue weighted by molar-refractivity contribution is 7.94. The molecule has 2 aliphatic heterocycles. The minimum Gasteiger partial charge on any atom is -0.299 e. The average molecular weight is 416 g/mol. The first-order valence-corrected chi connectivity index (χ1v) is 12.1. The zero-order valence-corrected chi connectivity index (χ0v) is 17.1. The number of rotatable bonds is 6. The summed E-state index contributed by atoms with van der Waals surface area (Å²) >= 11 is 0. The second-order valence-corrected chi connectivity index (χ2v) is 10.8. The predicted molar refractivity (Wildman–Crippen MR) is 103 cm³/mol. The fourth-order valence-corrected chi connectivity index (χ4v) is 6.33. The van der Waals surface area contributed by atoms with Crippen molar-refractivity contribution in [1.29, 1.82) is 0 Å². The number of hydrogen-bond acceptors (Lipinski definition) is 6. The molecule has 1 atom stereocenters. The van der Waals surface area contributed by atoms with Crippen LogP contribution in [0.15, 0.2) is 23.1 Å². The third kappa shape index (κ3) is 4.18. The normalized spacial score (nSPS) is 21.7. The molecule has 10 heteroatoms.